The minimum Gasteiger partial charge on any atom is -0.337 e. The van der Waals surface area contributed by atoms with Crippen LogP contribution < -0.4 is 0 Å². The number of hydrogen-bond acceptors (Lipinski definition) is 3. The summed E-state index contributed by atoms with van der Waals surface area (Å²) < 4.78 is 30.5. The Balaban J connectivity index is 2.39. The molecule has 1 heterocycles. The lowest BCUT2D eigenvalue weighted by atomic mass is 10.2. The summed E-state index contributed by atoms with van der Waals surface area (Å²) in [5.74, 6) is -1.45. The average molecular weight is 245 g/mol. The van der Waals surface area contributed by atoms with Crippen molar-refractivity contribution in [1.82, 2.24) is 10.1 Å². The SMILES string of the molecule is CC(Cl)c1nc(-c2ccc(F)c(F)c2)no1. The van der Waals surface area contributed by atoms with Crippen LogP contribution in [0.3, 0.4) is 0 Å². The number of rotatable bonds is 2. The molecule has 0 bridgehead atoms. The number of alkyl halides is 1. The van der Waals surface area contributed by atoms with E-state index in [1.54, 1.807) is 6.92 Å². The molecular weight excluding hydrogens is 238 g/mol. The van der Waals surface area contributed by atoms with Gasteiger partial charge < -0.3 is 4.52 Å². The molecule has 2 rings (SSSR count). The van der Waals surface area contributed by atoms with Crippen LogP contribution in [0.1, 0.15) is 18.2 Å². The third kappa shape index (κ3) is 2.04. The van der Waals surface area contributed by atoms with E-state index in [9.17, 15) is 8.78 Å². The largest absolute Gasteiger partial charge is 0.337 e. The van der Waals surface area contributed by atoms with Crippen molar-refractivity contribution in [1.29, 1.82) is 0 Å². The minimum absolute atomic E-state index is 0.182. The normalized spacial score (nSPS) is 12.8. The number of halogens is 3. The maximum atomic E-state index is 12.9. The topological polar surface area (TPSA) is 38.9 Å². The van der Waals surface area contributed by atoms with Gasteiger partial charge in [-0.25, -0.2) is 8.78 Å². The van der Waals surface area contributed by atoms with Gasteiger partial charge in [0.25, 0.3) is 0 Å². The lowest BCUT2D eigenvalue weighted by Gasteiger charge is -1.95. The van der Waals surface area contributed by atoms with Crippen molar-refractivity contribution >= 4 is 11.6 Å². The molecule has 0 saturated heterocycles. The fourth-order valence-corrected chi connectivity index (χ4v) is 1.24. The zero-order valence-corrected chi connectivity index (χ0v) is 9.00. The first kappa shape index (κ1) is 11.0. The predicted octanol–water partition coefficient (Wildman–Crippen LogP) is 3.31. The monoisotopic (exact) mass is 244 g/mol. The molecule has 1 aromatic carbocycles. The van der Waals surface area contributed by atoms with Crippen molar-refractivity contribution < 1.29 is 13.3 Å². The molecule has 2 aromatic rings. The van der Waals surface area contributed by atoms with E-state index in [0.29, 0.717) is 5.56 Å². The highest BCUT2D eigenvalue weighted by atomic mass is 35.5. The molecule has 0 radical (unpaired) electrons. The van der Waals surface area contributed by atoms with E-state index in [1.165, 1.54) is 6.07 Å². The Hall–Kier alpha value is -1.49. The molecule has 3 nitrogen and oxygen atoms in total. The second-order valence-electron chi connectivity index (χ2n) is 3.20. The summed E-state index contributed by atoms with van der Waals surface area (Å²) in [5.41, 5.74) is 0.339. The second-order valence-corrected chi connectivity index (χ2v) is 3.86. The molecule has 84 valence electrons. The van der Waals surface area contributed by atoms with E-state index < -0.39 is 17.0 Å². The third-order valence-electron chi connectivity index (χ3n) is 1.96. The molecule has 0 saturated carbocycles. The maximum Gasteiger partial charge on any atom is 0.244 e. The van der Waals surface area contributed by atoms with Crippen molar-refractivity contribution in [3.8, 4) is 11.4 Å². The van der Waals surface area contributed by atoms with Crippen LogP contribution in [0.5, 0.6) is 0 Å². The molecule has 0 aliphatic heterocycles. The number of aromatic nitrogens is 2. The van der Waals surface area contributed by atoms with Crippen LogP contribution in [0.25, 0.3) is 11.4 Å². The Kier molecular flexibility index (Phi) is 2.87. The van der Waals surface area contributed by atoms with E-state index in [0.717, 1.165) is 12.1 Å². The van der Waals surface area contributed by atoms with Gasteiger partial charge in [-0.1, -0.05) is 5.16 Å². The van der Waals surface area contributed by atoms with Crippen molar-refractivity contribution in [2.24, 2.45) is 0 Å². The van der Waals surface area contributed by atoms with Gasteiger partial charge in [-0.05, 0) is 25.1 Å². The lowest BCUT2D eigenvalue weighted by Crippen LogP contribution is -1.88. The third-order valence-corrected chi connectivity index (χ3v) is 2.15. The second kappa shape index (κ2) is 4.17. The van der Waals surface area contributed by atoms with Crippen LogP contribution in [0.4, 0.5) is 8.78 Å². The van der Waals surface area contributed by atoms with E-state index in [-0.39, 0.29) is 11.7 Å². The van der Waals surface area contributed by atoms with Gasteiger partial charge in [0.05, 0.1) is 0 Å². The van der Waals surface area contributed by atoms with Crippen molar-refractivity contribution in [3.63, 3.8) is 0 Å². The molecule has 16 heavy (non-hydrogen) atoms. The van der Waals surface area contributed by atoms with Gasteiger partial charge in [0, 0.05) is 5.56 Å². The highest BCUT2D eigenvalue weighted by Gasteiger charge is 2.14. The maximum absolute atomic E-state index is 12.9. The molecule has 1 aromatic heterocycles. The smallest absolute Gasteiger partial charge is 0.244 e. The fraction of sp³-hybridized carbons (Fsp3) is 0.200. The highest BCUT2D eigenvalue weighted by molar-refractivity contribution is 6.20. The van der Waals surface area contributed by atoms with Gasteiger partial charge in [-0.2, -0.15) is 4.98 Å². The van der Waals surface area contributed by atoms with Gasteiger partial charge >= 0.3 is 0 Å². The Morgan fingerprint density at radius 2 is 2.06 bits per heavy atom. The zero-order valence-electron chi connectivity index (χ0n) is 8.25. The lowest BCUT2D eigenvalue weighted by molar-refractivity contribution is 0.379. The van der Waals surface area contributed by atoms with Crippen LogP contribution in [0.15, 0.2) is 22.7 Å². The minimum atomic E-state index is -0.956. The zero-order chi connectivity index (χ0) is 11.7. The van der Waals surface area contributed by atoms with Gasteiger partial charge in [-0.3, -0.25) is 0 Å². The summed E-state index contributed by atoms with van der Waals surface area (Å²) >= 11 is 5.73. The molecule has 0 aliphatic carbocycles. The average Bonchev–Trinajstić information content (AvgIpc) is 2.71. The first-order valence-corrected chi connectivity index (χ1v) is 4.94. The summed E-state index contributed by atoms with van der Waals surface area (Å²) in [6.45, 7) is 1.67. The van der Waals surface area contributed by atoms with Crippen molar-refractivity contribution in [2.75, 3.05) is 0 Å². The van der Waals surface area contributed by atoms with Crippen LogP contribution >= 0.6 is 11.6 Å². The van der Waals surface area contributed by atoms with E-state index in [1.807, 2.05) is 0 Å². The first-order chi connectivity index (χ1) is 7.58. The first-order valence-electron chi connectivity index (χ1n) is 4.51. The summed E-state index contributed by atoms with van der Waals surface area (Å²) in [4.78, 5) is 3.95. The van der Waals surface area contributed by atoms with E-state index in [2.05, 4.69) is 10.1 Å². The van der Waals surface area contributed by atoms with Gasteiger partial charge in [-0.15, -0.1) is 11.6 Å². The summed E-state index contributed by atoms with van der Waals surface area (Å²) in [6, 6.07) is 3.37. The molecule has 0 fully saturated rings. The van der Waals surface area contributed by atoms with Crippen LogP contribution in [0, 0.1) is 11.6 Å². The van der Waals surface area contributed by atoms with E-state index >= 15 is 0 Å². The van der Waals surface area contributed by atoms with Crippen LogP contribution in [-0.2, 0) is 0 Å². The molecule has 1 unspecified atom stereocenters. The number of benzene rings is 1. The number of nitrogens with zero attached hydrogens (tertiary/aromatic N) is 2. The molecule has 6 heteroatoms. The Bertz CT molecular complexity index is 513. The molecule has 0 amide bonds. The van der Waals surface area contributed by atoms with Crippen molar-refractivity contribution in [2.45, 2.75) is 12.3 Å². The predicted molar refractivity (Wildman–Crippen MR) is 53.9 cm³/mol. The van der Waals surface area contributed by atoms with Crippen LogP contribution in [-0.4, -0.2) is 10.1 Å². The van der Waals surface area contributed by atoms with E-state index in [4.69, 9.17) is 16.1 Å². The Morgan fingerprint density at radius 1 is 1.31 bits per heavy atom. The van der Waals surface area contributed by atoms with Crippen molar-refractivity contribution in [3.05, 3.63) is 35.7 Å². The van der Waals surface area contributed by atoms with Gasteiger partial charge in [0.1, 0.15) is 5.38 Å². The molecule has 0 N–H and O–H groups in total. The van der Waals surface area contributed by atoms with Crippen LogP contribution in [0.2, 0.25) is 0 Å². The molecule has 0 spiro atoms. The summed E-state index contributed by atoms with van der Waals surface area (Å²) in [5, 5.41) is 3.19. The Labute approximate surface area is 95.0 Å². The van der Waals surface area contributed by atoms with Gasteiger partial charge in [0.2, 0.25) is 11.7 Å². The van der Waals surface area contributed by atoms with Gasteiger partial charge in [0.15, 0.2) is 11.6 Å². The standard InChI is InChI=1S/C10H7ClF2N2O/c1-5(11)10-14-9(15-16-10)6-2-3-7(12)8(13)4-6/h2-5H,1H3. The fourth-order valence-electron chi connectivity index (χ4n) is 1.15. The molecular formula is C10H7ClF2N2O. The quantitative estimate of drug-likeness (QED) is 0.761. The Morgan fingerprint density at radius 3 is 2.62 bits per heavy atom. The number of hydrogen-bond donors (Lipinski definition) is 0. The summed E-state index contributed by atoms with van der Waals surface area (Å²) in [7, 11) is 0. The molecule has 1 atom stereocenters. The molecule has 0 aliphatic rings. The summed E-state index contributed by atoms with van der Waals surface area (Å²) in [6.07, 6.45) is 0. The highest BCUT2D eigenvalue weighted by Crippen LogP contribution is 2.22.